The first-order valence-corrected chi connectivity index (χ1v) is 16.8. The smallest absolute Gasteiger partial charge is 0.328 e. The fraction of sp³-hybridized carbons (Fsp3) is 0.657. The third-order valence-corrected chi connectivity index (χ3v) is 10.7. The second-order valence-electron chi connectivity index (χ2n) is 14.9. The molecule has 7 N–H and O–H groups in total. The normalized spacial score (nSPS) is 29.6. The minimum Gasteiger partial charge on any atom is -0.478 e. The van der Waals surface area contributed by atoms with Crippen LogP contribution in [0.2, 0.25) is 0 Å². The van der Waals surface area contributed by atoms with Crippen LogP contribution in [0.4, 0.5) is 10.1 Å². The number of carbonyl (C=O) groups is 4. The number of aryl methyl sites for hydroxylation is 1. The number of aliphatic carboxylic acids is 2. The summed E-state index contributed by atoms with van der Waals surface area (Å²) in [5.74, 6) is -2.18. The molecule has 48 heavy (non-hydrogen) atoms. The molecule has 4 saturated carbocycles. The molecule has 5 fully saturated rings. The fourth-order valence-electron chi connectivity index (χ4n) is 8.39. The summed E-state index contributed by atoms with van der Waals surface area (Å²) in [4.78, 5) is 49.2. The van der Waals surface area contributed by atoms with Gasteiger partial charge in [0.05, 0.1) is 18.2 Å². The Bertz CT molecular complexity index is 1370. The number of carbonyl (C=O) groups excluding carboxylic acids is 2. The standard InChI is InChI=1S/C31H47FN4O4.C4H4O4/c1-5-20(29(39)34-28-21-8-19-9-22(28)14-31(40,12-19)13-21)10-26(37)24(33)15-35-16-27(38)36(17-30(35,3)4)25-11-23(32)7-6-18(25)2;5-3(6)1-2-4(7)8/h6-7,11,19-22,24,26,28,37,40H,5,8-10,12-17,33H2,1-4H3,(H,34,39);1-2H,(H,5,6)(H,7,8)/b;2-1+/t19?,20-,21-,22+,24+,26+,28?,31?;/m1./s1. The molecule has 1 aromatic rings. The van der Waals surface area contributed by atoms with E-state index < -0.39 is 35.2 Å². The summed E-state index contributed by atoms with van der Waals surface area (Å²) in [6.07, 6.45) is 5.68. The molecule has 13 heteroatoms. The lowest BCUT2D eigenvalue weighted by Crippen LogP contribution is -2.64. The molecule has 0 spiro atoms. The lowest BCUT2D eigenvalue weighted by Gasteiger charge is -2.58. The summed E-state index contributed by atoms with van der Waals surface area (Å²) in [7, 11) is 0. The molecule has 1 saturated heterocycles. The summed E-state index contributed by atoms with van der Waals surface area (Å²) >= 11 is 0. The molecular weight excluding hydrogens is 623 g/mol. The average Bonchev–Trinajstić information content (AvgIpc) is 2.99. The number of nitrogens with zero attached hydrogens (tertiary/aromatic N) is 2. The summed E-state index contributed by atoms with van der Waals surface area (Å²) in [6, 6.07) is 3.94. The summed E-state index contributed by atoms with van der Waals surface area (Å²) in [5, 5.41) is 40.9. The first-order valence-electron chi connectivity index (χ1n) is 16.8. The highest BCUT2D eigenvalue weighted by atomic mass is 19.1. The predicted octanol–water partition coefficient (Wildman–Crippen LogP) is 2.43. The minimum absolute atomic E-state index is 0.0344. The van der Waals surface area contributed by atoms with Gasteiger partial charge in [-0.15, -0.1) is 0 Å². The number of aliphatic hydroxyl groups is 2. The molecule has 1 aromatic carbocycles. The Hall–Kier alpha value is -3.39. The van der Waals surface area contributed by atoms with E-state index in [9.17, 15) is 33.8 Å². The number of anilines is 1. The topological polar surface area (TPSA) is 194 Å². The number of hydrogen-bond donors (Lipinski definition) is 6. The van der Waals surface area contributed by atoms with E-state index in [0.717, 1.165) is 37.7 Å². The molecule has 0 radical (unpaired) electrons. The molecule has 4 aliphatic carbocycles. The van der Waals surface area contributed by atoms with E-state index >= 15 is 0 Å². The molecule has 4 bridgehead atoms. The van der Waals surface area contributed by atoms with Gasteiger partial charge >= 0.3 is 11.9 Å². The predicted molar refractivity (Wildman–Crippen MR) is 176 cm³/mol. The van der Waals surface area contributed by atoms with Gasteiger partial charge in [0.25, 0.3) is 0 Å². The third-order valence-electron chi connectivity index (χ3n) is 10.7. The maximum Gasteiger partial charge on any atom is 0.328 e. The van der Waals surface area contributed by atoms with Crippen LogP contribution in [-0.4, -0.2) is 98.0 Å². The van der Waals surface area contributed by atoms with Crippen molar-refractivity contribution in [3.8, 4) is 0 Å². The quantitative estimate of drug-likeness (QED) is 0.190. The van der Waals surface area contributed by atoms with E-state index in [0.29, 0.717) is 55.1 Å². The number of halogens is 1. The van der Waals surface area contributed by atoms with Crippen molar-refractivity contribution in [3.05, 3.63) is 41.7 Å². The van der Waals surface area contributed by atoms with Crippen LogP contribution in [0.25, 0.3) is 0 Å². The average molecular weight is 675 g/mol. The molecule has 6 rings (SSSR count). The molecule has 1 heterocycles. The zero-order chi connectivity index (χ0) is 35.6. The molecule has 5 aliphatic rings. The van der Waals surface area contributed by atoms with Gasteiger partial charge in [0.15, 0.2) is 0 Å². The summed E-state index contributed by atoms with van der Waals surface area (Å²) in [6.45, 7) is 8.64. The molecule has 266 valence electrons. The second kappa shape index (κ2) is 15.0. The van der Waals surface area contributed by atoms with Crippen LogP contribution in [-0.2, 0) is 19.2 Å². The van der Waals surface area contributed by atoms with E-state index in [1.54, 1.807) is 11.0 Å². The van der Waals surface area contributed by atoms with Gasteiger partial charge in [-0.3, -0.25) is 14.5 Å². The van der Waals surface area contributed by atoms with Crippen LogP contribution >= 0.6 is 0 Å². The Kier molecular flexibility index (Phi) is 11.7. The van der Waals surface area contributed by atoms with Crippen molar-refractivity contribution in [2.45, 2.75) is 102 Å². The van der Waals surface area contributed by atoms with Gasteiger partial charge in [0, 0.05) is 54.5 Å². The van der Waals surface area contributed by atoms with Gasteiger partial charge in [-0.25, -0.2) is 14.0 Å². The van der Waals surface area contributed by atoms with Crippen LogP contribution in [0.5, 0.6) is 0 Å². The minimum atomic E-state index is -1.26. The molecular formula is C35H51FN4O8. The summed E-state index contributed by atoms with van der Waals surface area (Å²) in [5.41, 5.74) is 6.90. The lowest BCUT2D eigenvalue weighted by molar-refractivity contribution is -0.148. The van der Waals surface area contributed by atoms with Gasteiger partial charge < -0.3 is 36.4 Å². The maximum absolute atomic E-state index is 13.9. The van der Waals surface area contributed by atoms with E-state index in [1.807, 2.05) is 32.6 Å². The van der Waals surface area contributed by atoms with Crippen molar-refractivity contribution in [1.82, 2.24) is 10.2 Å². The zero-order valence-corrected chi connectivity index (χ0v) is 28.3. The van der Waals surface area contributed by atoms with Gasteiger partial charge in [0.2, 0.25) is 11.8 Å². The van der Waals surface area contributed by atoms with Crippen LogP contribution in [0.15, 0.2) is 30.4 Å². The molecule has 3 unspecified atom stereocenters. The highest BCUT2D eigenvalue weighted by Gasteiger charge is 2.55. The van der Waals surface area contributed by atoms with Gasteiger partial charge in [-0.2, -0.15) is 0 Å². The highest BCUT2D eigenvalue weighted by Crippen LogP contribution is 2.55. The number of rotatable bonds is 11. The van der Waals surface area contributed by atoms with Crippen molar-refractivity contribution < 1.29 is 44.0 Å². The van der Waals surface area contributed by atoms with Crippen LogP contribution in [0.3, 0.4) is 0 Å². The van der Waals surface area contributed by atoms with Gasteiger partial charge in [-0.1, -0.05) is 13.0 Å². The number of hydrogen-bond acceptors (Lipinski definition) is 8. The fourth-order valence-corrected chi connectivity index (χ4v) is 8.39. The van der Waals surface area contributed by atoms with Crippen molar-refractivity contribution in [2.75, 3.05) is 24.5 Å². The molecule has 1 aliphatic heterocycles. The first kappa shape index (κ1) is 37.4. The number of nitrogens with one attached hydrogen (secondary N) is 1. The largest absolute Gasteiger partial charge is 0.478 e. The monoisotopic (exact) mass is 674 g/mol. The molecule has 8 atom stereocenters. The van der Waals surface area contributed by atoms with Crippen molar-refractivity contribution in [3.63, 3.8) is 0 Å². The highest BCUT2D eigenvalue weighted by molar-refractivity contribution is 5.96. The zero-order valence-electron chi connectivity index (χ0n) is 28.3. The van der Waals surface area contributed by atoms with Crippen molar-refractivity contribution in [2.24, 2.45) is 29.4 Å². The van der Waals surface area contributed by atoms with Crippen molar-refractivity contribution in [1.29, 1.82) is 0 Å². The maximum atomic E-state index is 13.9. The first-order chi connectivity index (χ1) is 22.4. The number of amides is 2. The third kappa shape index (κ3) is 8.99. The van der Waals surface area contributed by atoms with Gasteiger partial charge in [-0.05, 0) is 101 Å². The van der Waals surface area contributed by atoms with E-state index in [4.69, 9.17) is 15.9 Å². The molecule has 0 aromatic heterocycles. The van der Waals surface area contributed by atoms with Crippen molar-refractivity contribution >= 4 is 29.4 Å². The number of benzene rings is 1. The summed E-state index contributed by atoms with van der Waals surface area (Å²) < 4.78 is 13.9. The van der Waals surface area contributed by atoms with E-state index in [2.05, 4.69) is 5.32 Å². The number of aliphatic hydroxyl groups excluding tert-OH is 1. The Labute approximate surface area is 281 Å². The second-order valence-corrected chi connectivity index (χ2v) is 14.9. The number of nitrogens with two attached hydrogens (primary N) is 1. The Morgan fingerprint density at radius 1 is 1.10 bits per heavy atom. The Balaban J connectivity index is 0.000000579. The van der Waals surface area contributed by atoms with Crippen LogP contribution < -0.4 is 16.0 Å². The van der Waals surface area contributed by atoms with Gasteiger partial charge in [0.1, 0.15) is 5.82 Å². The number of carboxylic acids is 2. The molecule has 2 amide bonds. The van der Waals surface area contributed by atoms with Crippen LogP contribution in [0.1, 0.15) is 71.3 Å². The van der Waals surface area contributed by atoms with E-state index in [1.165, 1.54) is 12.1 Å². The van der Waals surface area contributed by atoms with E-state index in [-0.39, 0.29) is 42.6 Å². The number of piperazine rings is 1. The SMILES string of the molecule is CC[C@H](C[C@H](O)[C@@H](N)CN1CC(=O)N(c2cc(F)ccc2C)CC1(C)C)C(=O)NC1[C@@H]2CC3C[C@H]1CC(O)(C3)C2.O=C(O)/C=C/C(=O)O. The Morgan fingerprint density at radius 2 is 1.71 bits per heavy atom. The Morgan fingerprint density at radius 3 is 2.25 bits per heavy atom. The van der Waals surface area contributed by atoms with Crippen LogP contribution in [0, 0.1) is 36.4 Å². The lowest BCUT2D eigenvalue weighted by atomic mass is 9.52. The molecule has 12 nitrogen and oxygen atoms in total. The number of carboxylic acid groups (broad SMARTS) is 2.